The van der Waals surface area contributed by atoms with E-state index in [4.69, 9.17) is 4.74 Å². The number of nitrogens with one attached hydrogen (secondary N) is 1. The molecule has 3 nitrogen and oxygen atoms in total. The lowest BCUT2D eigenvalue weighted by molar-refractivity contribution is 0.0722. The number of hydrogen-bond acceptors (Lipinski definition) is 2. The summed E-state index contributed by atoms with van der Waals surface area (Å²) in [6, 6.07) is 5.66. The third kappa shape index (κ3) is 3.33. The molecule has 0 aromatic heterocycles. The molecule has 2 atom stereocenters. The summed E-state index contributed by atoms with van der Waals surface area (Å²) in [5, 5.41) is 3.04. The summed E-state index contributed by atoms with van der Waals surface area (Å²) in [6.45, 7) is 0. The lowest BCUT2D eigenvalue weighted by atomic mass is 10.1. The van der Waals surface area contributed by atoms with E-state index in [0.717, 1.165) is 28.2 Å². The molecule has 1 aromatic rings. The second-order valence-electron chi connectivity index (χ2n) is 4.44. The summed E-state index contributed by atoms with van der Waals surface area (Å²) in [4.78, 5) is 12.2. The van der Waals surface area contributed by atoms with Gasteiger partial charge in [-0.05, 0) is 37.5 Å². The van der Waals surface area contributed by atoms with Gasteiger partial charge in [0.1, 0.15) is 0 Å². The van der Waals surface area contributed by atoms with Crippen molar-refractivity contribution in [2.75, 3.05) is 7.11 Å². The van der Waals surface area contributed by atoms with Gasteiger partial charge < -0.3 is 10.1 Å². The van der Waals surface area contributed by atoms with Gasteiger partial charge >= 0.3 is 0 Å². The van der Waals surface area contributed by atoms with Gasteiger partial charge in [0.2, 0.25) is 0 Å². The van der Waals surface area contributed by atoms with E-state index in [1.807, 2.05) is 18.2 Å². The van der Waals surface area contributed by atoms with Crippen LogP contribution < -0.4 is 5.32 Å². The van der Waals surface area contributed by atoms with Crippen LogP contribution in [0.3, 0.4) is 0 Å². The normalized spacial score (nSPS) is 23.1. The third-order valence-electron chi connectivity index (χ3n) is 3.20. The predicted octanol–water partition coefficient (Wildman–Crippen LogP) is 3.51. The summed E-state index contributed by atoms with van der Waals surface area (Å²) in [5.74, 6) is -0.0500. The van der Waals surface area contributed by atoms with Gasteiger partial charge in [0.25, 0.3) is 5.91 Å². The number of halogens is 2. The molecular formula is C13H15Br2NO2. The second kappa shape index (κ2) is 6.17. The van der Waals surface area contributed by atoms with Crippen molar-refractivity contribution >= 4 is 37.8 Å². The molecule has 0 saturated heterocycles. The van der Waals surface area contributed by atoms with E-state index in [0.29, 0.717) is 5.56 Å². The number of carbonyl (C=O) groups is 1. The summed E-state index contributed by atoms with van der Waals surface area (Å²) < 4.78 is 7.15. The molecule has 1 aliphatic carbocycles. The monoisotopic (exact) mass is 375 g/mol. The molecule has 1 N–H and O–H groups in total. The average Bonchev–Trinajstić information content (AvgIpc) is 2.75. The van der Waals surface area contributed by atoms with E-state index >= 15 is 0 Å². The zero-order chi connectivity index (χ0) is 13.1. The number of methoxy groups -OCH3 is 1. The second-order valence-corrected chi connectivity index (χ2v) is 6.27. The van der Waals surface area contributed by atoms with Crippen molar-refractivity contribution in [1.82, 2.24) is 5.32 Å². The quantitative estimate of drug-likeness (QED) is 0.876. The van der Waals surface area contributed by atoms with Crippen LogP contribution in [0.15, 0.2) is 27.1 Å². The maximum Gasteiger partial charge on any atom is 0.251 e. The van der Waals surface area contributed by atoms with Crippen LogP contribution in [-0.4, -0.2) is 25.2 Å². The van der Waals surface area contributed by atoms with Crippen LogP contribution in [0.4, 0.5) is 0 Å². The first-order valence-electron chi connectivity index (χ1n) is 5.90. The van der Waals surface area contributed by atoms with Crippen molar-refractivity contribution < 1.29 is 9.53 Å². The van der Waals surface area contributed by atoms with Crippen LogP contribution in [0, 0.1) is 0 Å². The molecule has 1 amide bonds. The van der Waals surface area contributed by atoms with Crippen molar-refractivity contribution in [2.45, 2.75) is 31.4 Å². The van der Waals surface area contributed by atoms with Gasteiger partial charge in [0.05, 0.1) is 12.1 Å². The number of ether oxygens (including phenoxy) is 1. The van der Waals surface area contributed by atoms with E-state index in [9.17, 15) is 4.79 Å². The Morgan fingerprint density at radius 1 is 1.28 bits per heavy atom. The van der Waals surface area contributed by atoms with Gasteiger partial charge in [-0.1, -0.05) is 31.9 Å². The fraction of sp³-hybridized carbons (Fsp3) is 0.462. The highest BCUT2D eigenvalue weighted by Gasteiger charge is 2.28. The van der Waals surface area contributed by atoms with Gasteiger partial charge in [-0.2, -0.15) is 0 Å². The van der Waals surface area contributed by atoms with Gasteiger partial charge in [0, 0.05) is 21.6 Å². The van der Waals surface area contributed by atoms with Crippen molar-refractivity contribution in [3.63, 3.8) is 0 Å². The molecule has 2 unspecified atom stereocenters. The molecule has 0 heterocycles. The fourth-order valence-corrected chi connectivity index (χ4v) is 3.60. The Labute approximate surface area is 124 Å². The van der Waals surface area contributed by atoms with Crippen LogP contribution in [-0.2, 0) is 4.74 Å². The highest BCUT2D eigenvalue weighted by Crippen LogP contribution is 2.23. The van der Waals surface area contributed by atoms with Crippen molar-refractivity contribution in [3.8, 4) is 0 Å². The number of rotatable bonds is 3. The zero-order valence-corrected chi connectivity index (χ0v) is 13.3. The Bertz CT molecular complexity index is 430. The molecule has 1 aromatic carbocycles. The lowest BCUT2D eigenvalue weighted by Crippen LogP contribution is -2.40. The zero-order valence-electron chi connectivity index (χ0n) is 10.1. The number of benzene rings is 1. The molecule has 1 fully saturated rings. The Balaban J connectivity index is 2.07. The smallest absolute Gasteiger partial charge is 0.251 e. The minimum atomic E-state index is -0.0500. The summed E-state index contributed by atoms with van der Waals surface area (Å²) in [5.41, 5.74) is 0.651. The minimum Gasteiger partial charge on any atom is -0.379 e. The first kappa shape index (κ1) is 14.0. The molecule has 1 aliphatic rings. The lowest BCUT2D eigenvalue weighted by Gasteiger charge is -2.19. The van der Waals surface area contributed by atoms with Crippen molar-refractivity contribution in [1.29, 1.82) is 0 Å². The summed E-state index contributed by atoms with van der Waals surface area (Å²) in [6.07, 6.45) is 3.25. The maximum atomic E-state index is 12.2. The van der Waals surface area contributed by atoms with Gasteiger partial charge in [0.15, 0.2) is 0 Å². The van der Waals surface area contributed by atoms with E-state index < -0.39 is 0 Å². The molecule has 0 spiro atoms. The number of amides is 1. The van der Waals surface area contributed by atoms with Crippen LogP contribution in [0.5, 0.6) is 0 Å². The van der Waals surface area contributed by atoms with E-state index in [2.05, 4.69) is 37.2 Å². The Hall–Kier alpha value is -0.390. The Morgan fingerprint density at radius 3 is 2.56 bits per heavy atom. The molecule has 0 aliphatic heterocycles. The fourth-order valence-electron chi connectivity index (χ4n) is 2.31. The standard InChI is InChI=1S/C13H15Br2NO2/c1-18-12-4-2-3-11(12)16-13(17)8-5-9(14)7-10(15)6-8/h5-7,11-12H,2-4H2,1H3,(H,16,17). The Morgan fingerprint density at radius 2 is 1.94 bits per heavy atom. The van der Waals surface area contributed by atoms with E-state index in [1.165, 1.54) is 0 Å². The average molecular weight is 377 g/mol. The van der Waals surface area contributed by atoms with Crippen LogP contribution in [0.2, 0.25) is 0 Å². The minimum absolute atomic E-state index is 0.0500. The highest BCUT2D eigenvalue weighted by atomic mass is 79.9. The number of carbonyl (C=O) groups excluding carboxylic acids is 1. The van der Waals surface area contributed by atoms with Crippen molar-refractivity contribution in [2.24, 2.45) is 0 Å². The topological polar surface area (TPSA) is 38.3 Å². The van der Waals surface area contributed by atoms with E-state index in [1.54, 1.807) is 7.11 Å². The Kier molecular flexibility index (Phi) is 4.81. The molecule has 0 radical (unpaired) electrons. The molecule has 18 heavy (non-hydrogen) atoms. The van der Waals surface area contributed by atoms with E-state index in [-0.39, 0.29) is 18.1 Å². The molecular weight excluding hydrogens is 362 g/mol. The van der Waals surface area contributed by atoms with Crippen LogP contribution >= 0.6 is 31.9 Å². The maximum absolute atomic E-state index is 12.2. The van der Waals surface area contributed by atoms with Crippen molar-refractivity contribution in [3.05, 3.63) is 32.7 Å². The molecule has 5 heteroatoms. The largest absolute Gasteiger partial charge is 0.379 e. The van der Waals surface area contributed by atoms with Crippen LogP contribution in [0.1, 0.15) is 29.6 Å². The first-order valence-corrected chi connectivity index (χ1v) is 7.48. The highest BCUT2D eigenvalue weighted by molar-refractivity contribution is 9.11. The number of hydrogen-bond donors (Lipinski definition) is 1. The molecule has 0 bridgehead atoms. The molecule has 2 rings (SSSR count). The molecule has 1 saturated carbocycles. The van der Waals surface area contributed by atoms with Crippen LogP contribution in [0.25, 0.3) is 0 Å². The molecule has 98 valence electrons. The summed E-state index contributed by atoms with van der Waals surface area (Å²) >= 11 is 6.77. The van der Waals surface area contributed by atoms with Gasteiger partial charge in [-0.25, -0.2) is 0 Å². The van der Waals surface area contributed by atoms with Gasteiger partial charge in [-0.3, -0.25) is 4.79 Å². The SMILES string of the molecule is COC1CCCC1NC(=O)c1cc(Br)cc(Br)c1. The predicted molar refractivity (Wildman–Crippen MR) is 77.7 cm³/mol. The first-order chi connectivity index (χ1) is 8.60. The third-order valence-corrected chi connectivity index (χ3v) is 4.11. The summed E-state index contributed by atoms with van der Waals surface area (Å²) in [7, 11) is 1.70. The van der Waals surface area contributed by atoms with Gasteiger partial charge in [-0.15, -0.1) is 0 Å².